The Kier molecular flexibility index (Phi) is 4.03. The zero-order valence-corrected chi connectivity index (χ0v) is 10.5. The minimum Gasteiger partial charge on any atom is -0.508 e. The molecule has 0 spiro atoms. The Bertz CT molecular complexity index is 565. The minimum absolute atomic E-state index is 0.0619. The first kappa shape index (κ1) is 13.0. The summed E-state index contributed by atoms with van der Waals surface area (Å²) >= 11 is 0. The van der Waals surface area contributed by atoms with Crippen molar-refractivity contribution in [1.29, 1.82) is 0 Å². The van der Waals surface area contributed by atoms with Gasteiger partial charge in [0.2, 0.25) is 5.91 Å². The van der Waals surface area contributed by atoms with Crippen LogP contribution in [0.2, 0.25) is 0 Å². The van der Waals surface area contributed by atoms with E-state index in [0.29, 0.717) is 24.2 Å². The lowest BCUT2D eigenvalue weighted by Gasteiger charge is -2.06. The van der Waals surface area contributed by atoms with Crippen LogP contribution in [0.3, 0.4) is 0 Å². The highest BCUT2D eigenvalue weighted by molar-refractivity contribution is 5.90. The van der Waals surface area contributed by atoms with Crippen molar-refractivity contribution < 1.29 is 9.90 Å². The fraction of sp³-hybridized carbons (Fsp3) is 0.133. The number of nitrogens with one attached hydrogen (secondary N) is 1. The van der Waals surface area contributed by atoms with E-state index in [2.05, 4.69) is 5.32 Å². The van der Waals surface area contributed by atoms with Gasteiger partial charge < -0.3 is 16.2 Å². The summed E-state index contributed by atoms with van der Waals surface area (Å²) in [4.78, 5) is 11.8. The molecule has 4 nitrogen and oxygen atoms in total. The highest BCUT2D eigenvalue weighted by atomic mass is 16.3. The van der Waals surface area contributed by atoms with Gasteiger partial charge >= 0.3 is 0 Å². The number of anilines is 2. The zero-order valence-electron chi connectivity index (χ0n) is 10.5. The number of aromatic hydroxyl groups is 1. The van der Waals surface area contributed by atoms with Crippen LogP contribution in [0.1, 0.15) is 12.0 Å². The third-order valence-electron chi connectivity index (χ3n) is 2.74. The summed E-state index contributed by atoms with van der Waals surface area (Å²) in [5.41, 5.74) is 8.10. The van der Waals surface area contributed by atoms with Crippen LogP contribution in [0.25, 0.3) is 0 Å². The molecule has 2 rings (SSSR count). The van der Waals surface area contributed by atoms with Crippen LogP contribution in [0, 0.1) is 0 Å². The average molecular weight is 256 g/mol. The lowest BCUT2D eigenvalue weighted by atomic mass is 10.1. The standard InChI is InChI=1S/C15H16N2O2/c16-12-3-1-2-11(10-12)4-9-15(19)17-13-5-7-14(18)8-6-13/h1-3,5-8,10,18H,4,9,16H2,(H,17,19). The molecule has 0 aromatic heterocycles. The van der Waals surface area contributed by atoms with Gasteiger partial charge in [0.1, 0.15) is 5.75 Å². The molecule has 19 heavy (non-hydrogen) atoms. The normalized spacial score (nSPS) is 10.1. The van der Waals surface area contributed by atoms with Gasteiger partial charge in [0, 0.05) is 17.8 Å². The van der Waals surface area contributed by atoms with Gasteiger partial charge in [0.15, 0.2) is 0 Å². The number of benzene rings is 2. The maximum atomic E-state index is 11.8. The van der Waals surface area contributed by atoms with Crippen LogP contribution in [0.15, 0.2) is 48.5 Å². The predicted molar refractivity (Wildman–Crippen MR) is 75.9 cm³/mol. The Morgan fingerprint density at radius 2 is 1.89 bits per heavy atom. The smallest absolute Gasteiger partial charge is 0.224 e. The van der Waals surface area contributed by atoms with Gasteiger partial charge in [-0.2, -0.15) is 0 Å². The first-order chi connectivity index (χ1) is 9.13. The summed E-state index contributed by atoms with van der Waals surface area (Å²) < 4.78 is 0. The summed E-state index contributed by atoms with van der Waals surface area (Å²) in [6, 6.07) is 13.9. The van der Waals surface area contributed by atoms with Crippen molar-refractivity contribution in [3.63, 3.8) is 0 Å². The van der Waals surface area contributed by atoms with Gasteiger partial charge in [-0.05, 0) is 48.4 Å². The number of hydrogen-bond acceptors (Lipinski definition) is 3. The Morgan fingerprint density at radius 3 is 2.58 bits per heavy atom. The van der Waals surface area contributed by atoms with Crippen LogP contribution in [-0.4, -0.2) is 11.0 Å². The number of aryl methyl sites for hydroxylation is 1. The second-order valence-electron chi connectivity index (χ2n) is 4.34. The van der Waals surface area contributed by atoms with E-state index in [-0.39, 0.29) is 11.7 Å². The van der Waals surface area contributed by atoms with Crippen molar-refractivity contribution in [2.45, 2.75) is 12.8 Å². The van der Waals surface area contributed by atoms with E-state index in [1.54, 1.807) is 12.1 Å². The average Bonchev–Trinajstić information content (AvgIpc) is 2.39. The maximum Gasteiger partial charge on any atom is 0.224 e. The lowest BCUT2D eigenvalue weighted by molar-refractivity contribution is -0.116. The number of phenols is 1. The van der Waals surface area contributed by atoms with Crippen LogP contribution < -0.4 is 11.1 Å². The Morgan fingerprint density at radius 1 is 1.16 bits per heavy atom. The number of amides is 1. The fourth-order valence-corrected chi connectivity index (χ4v) is 1.77. The largest absolute Gasteiger partial charge is 0.508 e. The molecule has 4 N–H and O–H groups in total. The second-order valence-corrected chi connectivity index (χ2v) is 4.34. The molecule has 0 saturated carbocycles. The fourth-order valence-electron chi connectivity index (χ4n) is 1.77. The van der Waals surface area contributed by atoms with E-state index in [1.807, 2.05) is 24.3 Å². The van der Waals surface area contributed by atoms with E-state index in [1.165, 1.54) is 12.1 Å². The number of phenolic OH excluding ortho intramolecular Hbond substituents is 1. The number of carbonyl (C=O) groups excluding carboxylic acids is 1. The van der Waals surface area contributed by atoms with E-state index in [4.69, 9.17) is 10.8 Å². The maximum absolute atomic E-state index is 11.8. The molecule has 0 radical (unpaired) electrons. The van der Waals surface area contributed by atoms with Crippen molar-refractivity contribution in [2.24, 2.45) is 0 Å². The number of rotatable bonds is 4. The molecule has 0 aliphatic carbocycles. The number of nitrogen functional groups attached to an aromatic ring is 1. The first-order valence-electron chi connectivity index (χ1n) is 6.07. The first-order valence-corrected chi connectivity index (χ1v) is 6.07. The zero-order chi connectivity index (χ0) is 13.7. The molecule has 0 saturated heterocycles. The molecule has 2 aromatic rings. The summed E-state index contributed by atoms with van der Waals surface area (Å²) in [5, 5.41) is 11.9. The third kappa shape index (κ3) is 4.03. The molecule has 98 valence electrons. The molecule has 2 aromatic carbocycles. The SMILES string of the molecule is Nc1cccc(CCC(=O)Nc2ccc(O)cc2)c1. The molecule has 0 unspecified atom stereocenters. The number of hydrogen-bond donors (Lipinski definition) is 3. The van der Waals surface area contributed by atoms with E-state index in [9.17, 15) is 4.79 Å². The van der Waals surface area contributed by atoms with Crippen LogP contribution in [0.5, 0.6) is 5.75 Å². The monoisotopic (exact) mass is 256 g/mol. The molecule has 0 fully saturated rings. The van der Waals surface area contributed by atoms with Crippen molar-refractivity contribution in [3.05, 3.63) is 54.1 Å². The van der Waals surface area contributed by atoms with Crippen molar-refractivity contribution in [3.8, 4) is 5.75 Å². The van der Waals surface area contributed by atoms with E-state index in [0.717, 1.165) is 5.56 Å². The molecule has 1 amide bonds. The lowest BCUT2D eigenvalue weighted by Crippen LogP contribution is -2.12. The van der Waals surface area contributed by atoms with Gasteiger partial charge in [-0.1, -0.05) is 12.1 Å². The summed E-state index contributed by atoms with van der Waals surface area (Å²) in [6.07, 6.45) is 1.04. The molecule has 0 aliphatic heterocycles. The molecule has 4 heteroatoms. The molecule has 0 bridgehead atoms. The molecule has 0 aliphatic rings. The van der Waals surface area contributed by atoms with Gasteiger partial charge in [-0.15, -0.1) is 0 Å². The summed E-state index contributed by atoms with van der Waals surface area (Å²) in [6.45, 7) is 0. The Balaban J connectivity index is 1.86. The molecule has 0 atom stereocenters. The van der Waals surface area contributed by atoms with Gasteiger partial charge in [-0.25, -0.2) is 0 Å². The van der Waals surface area contributed by atoms with E-state index < -0.39 is 0 Å². The Labute approximate surface area is 111 Å². The number of nitrogens with two attached hydrogens (primary N) is 1. The highest BCUT2D eigenvalue weighted by Gasteiger charge is 2.03. The van der Waals surface area contributed by atoms with E-state index >= 15 is 0 Å². The summed E-state index contributed by atoms with van der Waals surface area (Å²) in [5.74, 6) is 0.117. The van der Waals surface area contributed by atoms with Crippen LogP contribution in [0.4, 0.5) is 11.4 Å². The van der Waals surface area contributed by atoms with Crippen molar-refractivity contribution >= 4 is 17.3 Å². The molecule has 0 heterocycles. The van der Waals surface area contributed by atoms with Gasteiger partial charge in [0.25, 0.3) is 0 Å². The topological polar surface area (TPSA) is 75.4 Å². The minimum atomic E-state index is -0.0619. The second kappa shape index (κ2) is 5.91. The Hall–Kier alpha value is -2.49. The summed E-state index contributed by atoms with van der Waals surface area (Å²) in [7, 11) is 0. The quantitative estimate of drug-likeness (QED) is 0.581. The third-order valence-corrected chi connectivity index (χ3v) is 2.74. The van der Waals surface area contributed by atoms with Crippen molar-refractivity contribution in [2.75, 3.05) is 11.1 Å². The van der Waals surface area contributed by atoms with Crippen LogP contribution in [-0.2, 0) is 11.2 Å². The predicted octanol–water partition coefficient (Wildman–Crippen LogP) is 2.55. The molecular formula is C15H16N2O2. The van der Waals surface area contributed by atoms with Crippen molar-refractivity contribution in [1.82, 2.24) is 0 Å². The highest BCUT2D eigenvalue weighted by Crippen LogP contribution is 2.14. The van der Waals surface area contributed by atoms with Gasteiger partial charge in [-0.3, -0.25) is 4.79 Å². The van der Waals surface area contributed by atoms with Gasteiger partial charge in [0.05, 0.1) is 0 Å². The number of carbonyl (C=O) groups is 1. The molecular weight excluding hydrogens is 240 g/mol. The van der Waals surface area contributed by atoms with Crippen LogP contribution >= 0.6 is 0 Å².